The Hall–Kier alpha value is -1.46. The van der Waals surface area contributed by atoms with Gasteiger partial charge in [0.15, 0.2) is 0 Å². The Morgan fingerprint density at radius 2 is 1.04 bits per heavy atom. The van der Waals surface area contributed by atoms with Crippen LogP contribution in [0.2, 0.25) is 0 Å². The predicted octanol–water partition coefficient (Wildman–Crippen LogP) is -4.03. The molecule has 124 valence electrons. The van der Waals surface area contributed by atoms with E-state index in [1.165, 1.54) is 13.8 Å². The Labute approximate surface area is 161 Å². The molecule has 0 aliphatic heterocycles. The molecule has 2 N–H and O–H groups in total. The van der Waals surface area contributed by atoms with Crippen molar-refractivity contribution in [1.82, 2.24) is 0 Å². The smallest absolute Gasteiger partial charge is 0.544 e. The number of aliphatic hydroxyl groups is 2. The molecule has 2 atom stereocenters. The van der Waals surface area contributed by atoms with Crippen molar-refractivity contribution in [3.8, 4) is 0 Å². The molecule has 0 radical (unpaired) electrons. The Kier molecular flexibility index (Phi) is 15.0. The molecule has 0 saturated carbocycles. The van der Waals surface area contributed by atoms with Crippen molar-refractivity contribution < 1.29 is 49.1 Å². The molecule has 0 aromatic rings. The van der Waals surface area contributed by atoms with E-state index in [-0.39, 0.29) is 48.9 Å². The van der Waals surface area contributed by atoms with E-state index in [1.807, 2.05) is 0 Å². The zero-order chi connectivity index (χ0) is 18.0. The summed E-state index contributed by atoms with van der Waals surface area (Å²) in [6.45, 7) is 8.98. The van der Waals surface area contributed by atoms with Gasteiger partial charge in [-0.1, -0.05) is 13.2 Å². The third kappa shape index (κ3) is 13.9. The average Bonchev–Trinajstić information content (AvgIpc) is 2.38. The number of aliphatic carboxylic acids is 2. The maximum absolute atomic E-state index is 10.5. The summed E-state index contributed by atoms with van der Waals surface area (Å²) in [6, 6.07) is 0. The van der Waals surface area contributed by atoms with Gasteiger partial charge in [-0.15, -0.1) is 0 Å². The maximum Gasteiger partial charge on any atom is 2.00 e. The second kappa shape index (κ2) is 13.0. The Morgan fingerprint density at radius 3 is 1.17 bits per heavy atom. The number of ether oxygens (including phenoxy) is 2. The molecule has 0 amide bonds. The van der Waals surface area contributed by atoms with E-state index >= 15 is 0 Å². The summed E-state index contributed by atoms with van der Waals surface area (Å²) in [5.41, 5.74) is 0.00981. The first-order valence-corrected chi connectivity index (χ1v) is 5.41. The van der Waals surface area contributed by atoms with Gasteiger partial charge in [0.2, 0.25) is 12.6 Å². The van der Waals surface area contributed by atoms with Crippen molar-refractivity contribution in [2.75, 3.05) is 0 Å². The van der Waals surface area contributed by atoms with Crippen LogP contribution >= 0.6 is 0 Å². The molecule has 0 aliphatic carbocycles. The van der Waals surface area contributed by atoms with Crippen molar-refractivity contribution >= 4 is 61.6 Å². The Balaban J connectivity index is -0.000000333. The zero-order valence-electron chi connectivity index (χ0n) is 12.4. The largest absolute Gasteiger partial charge is 2.00 e. The average molecular weight is 358 g/mol. The monoisotopic (exact) mass is 358 g/mol. The molecular weight excluding hydrogens is 344 g/mol. The third-order valence-electron chi connectivity index (χ3n) is 1.54. The van der Waals surface area contributed by atoms with Gasteiger partial charge in [-0.05, 0) is 13.8 Å². The summed E-state index contributed by atoms with van der Waals surface area (Å²) >= 11 is 0. The minimum absolute atomic E-state index is 0. The van der Waals surface area contributed by atoms with Crippen LogP contribution in [0, 0.1) is 0 Å². The molecule has 0 saturated heterocycles. The minimum Gasteiger partial charge on any atom is -0.544 e. The van der Waals surface area contributed by atoms with Crippen molar-refractivity contribution in [3.05, 3.63) is 24.3 Å². The van der Waals surface area contributed by atoms with Crippen LogP contribution in [0.3, 0.4) is 0 Å². The van der Waals surface area contributed by atoms with E-state index in [9.17, 15) is 29.4 Å². The van der Waals surface area contributed by atoms with Crippen LogP contribution in [0.15, 0.2) is 24.3 Å². The number of carbonyl (C=O) groups is 4. The maximum atomic E-state index is 10.5. The summed E-state index contributed by atoms with van der Waals surface area (Å²) in [5.74, 6) is -5.66. The van der Waals surface area contributed by atoms with Gasteiger partial charge in [-0.2, -0.15) is 0 Å². The quantitative estimate of drug-likeness (QED) is 0.206. The van der Waals surface area contributed by atoms with Crippen LogP contribution in [0.5, 0.6) is 0 Å². The predicted molar refractivity (Wildman–Crippen MR) is 69.6 cm³/mol. The standard InChI is InChI=1S/2C6H8O5.Ca/c2*1-3(2)5(9)11-6(10)4(7)8;/h2*6,10H,1H2,2H3,(H,7,8);/q;;+2/p-2. The van der Waals surface area contributed by atoms with Gasteiger partial charge in [0.1, 0.15) is 11.9 Å². The van der Waals surface area contributed by atoms with Crippen molar-refractivity contribution in [3.63, 3.8) is 0 Å². The zero-order valence-corrected chi connectivity index (χ0v) is 14.6. The number of hydrogen-bond donors (Lipinski definition) is 2. The molecule has 0 aliphatic rings. The van der Waals surface area contributed by atoms with Gasteiger partial charge >= 0.3 is 49.7 Å². The summed E-state index contributed by atoms with van der Waals surface area (Å²) in [4.78, 5) is 40.5. The fraction of sp³-hybridized carbons (Fsp3) is 0.333. The molecule has 10 nitrogen and oxygen atoms in total. The number of carbonyl (C=O) groups excluding carboxylic acids is 4. The summed E-state index contributed by atoms with van der Waals surface area (Å²) in [5, 5.41) is 36.4. The van der Waals surface area contributed by atoms with E-state index in [4.69, 9.17) is 10.2 Å². The second-order valence-corrected chi connectivity index (χ2v) is 3.71. The summed E-state index contributed by atoms with van der Waals surface area (Å²) < 4.78 is 7.86. The minimum atomic E-state index is -2.22. The van der Waals surface area contributed by atoms with Gasteiger partial charge in [0, 0.05) is 11.1 Å². The molecule has 23 heavy (non-hydrogen) atoms. The van der Waals surface area contributed by atoms with E-state index in [0.717, 1.165) is 0 Å². The van der Waals surface area contributed by atoms with Crippen LogP contribution in [0.1, 0.15) is 13.8 Å². The van der Waals surface area contributed by atoms with Crippen LogP contribution < -0.4 is 10.2 Å². The van der Waals surface area contributed by atoms with Crippen LogP contribution in [-0.2, 0) is 28.7 Å². The van der Waals surface area contributed by atoms with E-state index in [2.05, 4.69) is 22.6 Å². The molecule has 0 aromatic heterocycles. The third-order valence-corrected chi connectivity index (χ3v) is 1.54. The molecule has 0 fully saturated rings. The van der Waals surface area contributed by atoms with Gasteiger partial charge in [0.05, 0.1) is 0 Å². The van der Waals surface area contributed by atoms with Gasteiger partial charge in [-0.25, -0.2) is 9.59 Å². The number of aliphatic hydroxyl groups excluding tert-OH is 2. The fourth-order valence-electron chi connectivity index (χ4n) is 0.500. The summed E-state index contributed by atoms with van der Waals surface area (Å²) in [6.07, 6.45) is -4.45. The number of carboxylic acids is 2. The van der Waals surface area contributed by atoms with E-state index in [0.29, 0.717) is 0 Å². The number of esters is 2. The normalized spacial score (nSPS) is 11.3. The molecule has 0 rings (SSSR count). The molecule has 11 heteroatoms. The van der Waals surface area contributed by atoms with Gasteiger partial charge in [0.25, 0.3) is 0 Å². The fourth-order valence-corrected chi connectivity index (χ4v) is 0.500. The van der Waals surface area contributed by atoms with Gasteiger partial charge in [-0.3, -0.25) is 0 Å². The SMILES string of the molecule is C=C(C)C(=O)OC(O)C(=O)[O-].C=C(C)C(=O)OC(O)C(=O)[O-].[Ca+2]. The van der Waals surface area contributed by atoms with Crippen molar-refractivity contribution in [2.24, 2.45) is 0 Å². The topological polar surface area (TPSA) is 173 Å². The molecule has 0 spiro atoms. The van der Waals surface area contributed by atoms with Crippen molar-refractivity contribution in [1.29, 1.82) is 0 Å². The molecule has 0 bridgehead atoms. The van der Waals surface area contributed by atoms with Gasteiger partial charge < -0.3 is 39.5 Å². The molecule has 2 unspecified atom stereocenters. The number of rotatable bonds is 6. The van der Waals surface area contributed by atoms with Crippen LogP contribution in [-0.4, -0.2) is 84.4 Å². The summed E-state index contributed by atoms with van der Waals surface area (Å²) in [7, 11) is 0. The van der Waals surface area contributed by atoms with E-state index in [1.54, 1.807) is 0 Å². The number of hydrogen-bond acceptors (Lipinski definition) is 10. The molecule has 0 heterocycles. The molecular formula is C12H14CaO10. The second-order valence-electron chi connectivity index (χ2n) is 3.71. The first-order chi connectivity index (χ1) is 9.89. The first kappa shape index (κ1) is 26.4. The molecule has 0 aromatic carbocycles. The van der Waals surface area contributed by atoms with Crippen LogP contribution in [0.4, 0.5) is 0 Å². The first-order valence-electron chi connectivity index (χ1n) is 5.41. The Morgan fingerprint density at radius 1 is 0.826 bits per heavy atom. The Bertz CT molecular complexity index is 440. The van der Waals surface area contributed by atoms with Crippen molar-refractivity contribution in [2.45, 2.75) is 26.4 Å². The van der Waals surface area contributed by atoms with Crippen LogP contribution in [0.25, 0.3) is 0 Å². The number of carboxylic acid groups (broad SMARTS) is 2. The van der Waals surface area contributed by atoms with E-state index < -0.39 is 36.5 Å².